The monoisotopic (exact) mass is 503 g/mol. The summed E-state index contributed by atoms with van der Waals surface area (Å²) >= 11 is 0. The molecule has 0 radical (unpaired) electrons. The van der Waals surface area contributed by atoms with Gasteiger partial charge in [0.05, 0.1) is 16.8 Å². The van der Waals surface area contributed by atoms with Crippen LogP contribution in [0.3, 0.4) is 0 Å². The van der Waals surface area contributed by atoms with Crippen molar-refractivity contribution in [1.29, 1.82) is 0 Å². The van der Waals surface area contributed by atoms with Gasteiger partial charge >= 0.3 is 6.01 Å². The minimum atomic E-state index is -0.366. The highest BCUT2D eigenvalue weighted by Crippen LogP contribution is 2.42. The number of ether oxygens (including phenoxy) is 1. The Kier molecular flexibility index (Phi) is 5.42. The third-order valence-corrected chi connectivity index (χ3v) is 6.33. The third kappa shape index (κ3) is 3.84. The fourth-order valence-corrected chi connectivity index (χ4v) is 4.59. The number of anilines is 2. The van der Waals surface area contributed by atoms with E-state index in [-0.39, 0.29) is 17.8 Å². The second-order valence-electron chi connectivity index (χ2n) is 8.74. The Hall–Kier alpha value is -5.38. The standard InChI is InChI=1S/C28H21N7O3/c1-16-13-14-30-28(33-16)38-20-9-5-17(6-10-20)23-24-26(29)31-15-32-27(24)34(2)25(23)18-3-7-19(8-4-18)35-21(36)11-12-22(35)37/h3-15H,1-2H3,(H2,29,31,32). The number of carbonyl (C=O) groups is 2. The summed E-state index contributed by atoms with van der Waals surface area (Å²) < 4.78 is 7.77. The molecular formula is C28H21N7O3. The molecule has 2 aromatic carbocycles. The Morgan fingerprint density at radius 3 is 2.21 bits per heavy atom. The first-order valence-corrected chi connectivity index (χ1v) is 11.7. The number of hydrogen-bond acceptors (Lipinski definition) is 8. The van der Waals surface area contributed by atoms with Crippen LogP contribution in [0.25, 0.3) is 33.4 Å². The Morgan fingerprint density at radius 2 is 1.53 bits per heavy atom. The van der Waals surface area contributed by atoms with Crippen LogP contribution in [0.4, 0.5) is 11.5 Å². The number of carbonyl (C=O) groups excluding carboxylic acids is 2. The number of fused-ring (bicyclic) bond motifs is 1. The van der Waals surface area contributed by atoms with Gasteiger partial charge in [-0.05, 0) is 48.4 Å². The van der Waals surface area contributed by atoms with E-state index in [0.29, 0.717) is 22.9 Å². The van der Waals surface area contributed by atoms with Crippen LogP contribution in [0.5, 0.6) is 11.8 Å². The number of nitrogens with zero attached hydrogens (tertiary/aromatic N) is 6. The Labute approximate surface area is 217 Å². The van der Waals surface area contributed by atoms with Crippen molar-refractivity contribution in [2.24, 2.45) is 7.05 Å². The number of hydrogen-bond donors (Lipinski definition) is 1. The Bertz CT molecular complexity index is 1740. The second kappa shape index (κ2) is 8.93. The van der Waals surface area contributed by atoms with E-state index < -0.39 is 0 Å². The summed E-state index contributed by atoms with van der Waals surface area (Å²) in [5.41, 5.74) is 11.8. The van der Waals surface area contributed by atoms with Gasteiger partial charge in [0.2, 0.25) is 0 Å². The van der Waals surface area contributed by atoms with Crippen LogP contribution in [0, 0.1) is 6.92 Å². The summed E-state index contributed by atoms with van der Waals surface area (Å²) in [7, 11) is 1.91. The Balaban J connectivity index is 1.44. The molecule has 0 fully saturated rings. The predicted octanol–water partition coefficient (Wildman–Crippen LogP) is 4.20. The zero-order valence-electron chi connectivity index (χ0n) is 20.5. The summed E-state index contributed by atoms with van der Waals surface area (Å²) in [5.74, 6) is 0.212. The van der Waals surface area contributed by atoms with Crippen LogP contribution >= 0.6 is 0 Å². The second-order valence-corrected chi connectivity index (χ2v) is 8.74. The summed E-state index contributed by atoms with van der Waals surface area (Å²) in [6.45, 7) is 1.87. The molecule has 38 heavy (non-hydrogen) atoms. The SMILES string of the molecule is Cc1ccnc(Oc2ccc(-c3c(-c4ccc(N5C(=O)C=CC5=O)cc4)n(C)c4ncnc(N)c34)cc2)n1. The maximum absolute atomic E-state index is 12.1. The minimum absolute atomic E-state index is 0.270. The van der Waals surface area contributed by atoms with E-state index >= 15 is 0 Å². The van der Waals surface area contributed by atoms with Crippen molar-refractivity contribution in [3.8, 4) is 34.1 Å². The van der Waals surface area contributed by atoms with Gasteiger partial charge in [0.1, 0.15) is 23.5 Å². The number of imide groups is 1. The van der Waals surface area contributed by atoms with Gasteiger partial charge in [0.15, 0.2) is 0 Å². The number of aromatic nitrogens is 5. The van der Waals surface area contributed by atoms with E-state index in [2.05, 4.69) is 19.9 Å². The number of aryl methyl sites for hydroxylation is 2. The molecule has 0 atom stereocenters. The molecule has 0 unspecified atom stereocenters. The maximum Gasteiger partial charge on any atom is 0.322 e. The van der Waals surface area contributed by atoms with Gasteiger partial charge in [-0.2, -0.15) is 0 Å². The number of nitrogens with two attached hydrogens (primary N) is 1. The fourth-order valence-electron chi connectivity index (χ4n) is 4.59. The highest BCUT2D eigenvalue weighted by molar-refractivity contribution is 6.28. The molecule has 0 saturated carbocycles. The van der Waals surface area contributed by atoms with Crippen molar-refractivity contribution in [2.45, 2.75) is 6.92 Å². The van der Waals surface area contributed by atoms with E-state index in [1.54, 1.807) is 24.4 Å². The molecular weight excluding hydrogens is 482 g/mol. The van der Waals surface area contributed by atoms with Gasteiger partial charge in [-0.15, -0.1) is 0 Å². The van der Waals surface area contributed by atoms with E-state index in [1.807, 2.05) is 54.9 Å². The molecule has 10 nitrogen and oxygen atoms in total. The van der Waals surface area contributed by atoms with Crippen LogP contribution in [-0.2, 0) is 16.6 Å². The van der Waals surface area contributed by atoms with Crippen molar-refractivity contribution in [2.75, 3.05) is 10.6 Å². The lowest BCUT2D eigenvalue weighted by molar-refractivity contribution is -0.119. The first kappa shape index (κ1) is 23.0. The molecule has 6 rings (SSSR count). The quantitative estimate of drug-likeness (QED) is 0.353. The average molecular weight is 504 g/mol. The van der Waals surface area contributed by atoms with Crippen LogP contribution in [0.2, 0.25) is 0 Å². The van der Waals surface area contributed by atoms with Crippen LogP contribution < -0.4 is 15.4 Å². The largest absolute Gasteiger partial charge is 0.424 e. The molecule has 1 aliphatic rings. The summed E-state index contributed by atoms with van der Waals surface area (Å²) in [5, 5.41) is 0.721. The first-order chi connectivity index (χ1) is 18.4. The zero-order chi connectivity index (χ0) is 26.4. The molecule has 0 bridgehead atoms. The molecule has 1 aliphatic heterocycles. The molecule has 2 amide bonds. The van der Waals surface area contributed by atoms with E-state index in [1.165, 1.54) is 18.5 Å². The summed E-state index contributed by atoms with van der Waals surface area (Å²) in [4.78, 5) is 42.5. The fraction of sp³-hybridized carbons (Fsp3) is 0.0714. The Morgan fingerprint density at radius 1 is 0.842 bits per heavy atom. The number of benzene rings is 2. The van der Waals surface area contributed by atoms with Crippen molar-refractivity contribution in [1.82, 2.24) is 24.5 Å². The molecule has 186 valence electrons. The molecule has 2 N–H and O–H groups in total. The van der Waals surface area contributed by atoms with E-state index in [9.17, 15) is 9.59 Å². The van der Waals surface area contributed by atoms with Gasteiger partial charge in [-0.25, -0.2) is 24.8 Å². The van der Waals surface area contributed by atoms with Gasteiger partial charge in [-0.3, -0.25) is 9.59 Å². The van der Waals surface area contributed by atoms with Crippen molar-refractivity contribution in [3.63, 3.8) is 0 Å². The molecule has 0 aliphatic carbocycles. The van der Waals surface area contributed by atoms with Gasteiger partial charge in [0, 0.05) is 36.7 Å². The molecule has 4 heterocycles. The molecule has 10 heteroatoms. The predicted molar refractivity (Wildman–Crippen MR) is 142 cm³/mol. The lowest BCUT2D eigenvalue weighted by Crippen LogP contribution is -2.29. The molecule has 0 spiro atoms. The van der Waals surface area contributed by atoms with Gasteiger partial charge < -0.3 is 15.0 Å². The van der Waals surface area contributed by atoms with Crippen LogP contribution in [-0.4, -0.2) is 36.3 Å². The van der Waals surface area contributed by atoms with Crippen molar-refractivity contribution >= 4 is 34.4 Å². The normalized spacial score (nSPS) is 13.1. The van der Waals surface area contributed by atoms with Crippen LogP contribution in [0.1, 0.15) is 5.69 Å². The molecule has 3 aromatic heterocycles. The lowest BCUT2D eigenvalue weighted by atomic mass is 9.98. The maximum atomic E-state index is 12.1. The van der Waals surface area contributed by atoms with Gasteiger partial charge in [0.25, 0.3) is 11.8 Å². The smallest absolute Gasteiger partial charge is 0.322 e. The van der Waals surface area contributed by atoms with E-state index in [4.69, 9.17) is 10.5 Å². The minimum Gasteiger partial charge on any atom is -0.424 e. The van der Waals surface area contributed by atoms with Gasteiger partial charge in [-0.1, -0.05) is 24.3 Å². The topological polar surface area (TPSA) is 129 Å². The lowest BCUT2D eigenvalue weighted by Gasteiger charge is -2.15. The first-order valence-electron chi connectivity index (χ1n) is 11.7. The average Bonchev–Trinajstić information content (AvgIpc) is 3.41. The molecule has 5 aromatic rings. The number of nitrogen functional groups attached to an aromatic ring is 1. The summed E-state index contributed by atoms with van der Waals surface area (Å²) in [6, 6.07) is 16.8. The number of rotatable bonds is 5. The third-order valence-electron chi connectivity index (χ3n) is 6.33. The van der Waals surface area contributed by atoms with Crippen LogP contribution in [0.15, 0.2) is 79.3 Å². The zero-order valence-corrected chi connectivity index (χ0v) is 20.5. The number of amides is 2. The molecule has 0 saturated heterocycles. The highest BCUT2D eigenvalue weighted by atomic mass is 16.5. The highest BCUT2D eigenvalue weighted by Gasteiger charge is 2.26. The van der Waals surface area contributed by atoms with Crippen molar-refractivity contribution in [3.05, 3.63) is 85.0 Å². The van der Waals surface area contributed by atoms with E-state index in [0.717, 1.165) is 38.4 Å². The summed E-state index contributed by atoms with van der Waals surface area (Å²) in [6.07, 6.45) is 5.61. The van der Waals surface area contributed by atoms with Crippen molar-refractivity contribution < 1.29 is 14.3 Å².